The number of benzene rings is 2. The Kier molecular flexibility index (Phi) is 6.53. The fraction of sp³-hybridized carbons (Fsp3) is 0.350. The number of amides is 1. The minimum atomic E-state index is -0.449. The Bertz CT molecular complexity index is 713. The van der Waals surface area contributed by atoms with E-state index in [4.69, 9.17) is 9.47 Å². The van der Waals surface area contributed by atoms with E-state index in [1.807, 2.05) is 32.9 Å². The minimum Gasteiger partial charge on any atom is -0.494 e. The molecular weight excluding hydrogens is 321 g/mol. The van der Waals surface area contributed by atoms with Crippen LogP contribution in [0.2, 0.25) is 0 Å². The molecule has 0 unspecified atom stereocenters. The number of hydrogen-bond donors (Lipinski definition) is 1. The van der Waals surface area contributed by atoms with Gasteiger partial charge in [-0.15, -0.1) is 0 Å². The average molecular weight is 345 g/mol. The van der Waals surface area contributed by atoms with Crippen molar-refractivity contribution < 1.29 is 18.7 Å². The van der Waals surface area contributed by atoms with Gasteiger partial charge < -0.3 is 14.8 Å². The second-order valence-corrected chi connectivity index (χ2v) is 6.15. The Morgan fingerprint density at radius 3 is 2.36 bits per heavy atom. The topological polar surface area (TPSA) is 47.6 Å². The Morgan fingerprint density at radius 1 is 1.12 bits per heavy atom. The molecule has 134 valence electrons. The van der Waals surface area contributed by atoms with Crippen LogP contribution < -0.4 is 10.1 Å². The van der Waals surface area contributed by atoms with Gasteiger partial charge in [-0.2, -0.15) is 0 Å². The van der Waals surface area contributed by atoms with Gasteiger partial charge in [-0.05, 0) is 56.2 Å². The maximum atomic E-state index is 13.8. The highest BCUT2D eigenvalue weighted by Crippen LogP contribution is 2.22. The van der Waals surface area contributed by atoms with Crippen molar-refractivity contribution in [2.75, 3.05) is 7.11 Å². The van der Waals surface area contributed by atoms with E-state index in [0.717, 1.165) is 5.56 Å². The Morgan fingerprint density at radius 2 is 1.80 bits per heavy atom. The van der Waals surface area contributed by atoms with Gasteiger partial charge in [-0.25, -0.2) is 4.39 Å². The van der Waals surface area contributed by atoms with Crippen LogP contribution in [0.5, 0.6) is 5.75 Å². The van der Waals surface area contributed by atoms with Gasteiger partial charge >= 0.3 is 0 Å². The summed E-state index contributed by atoms with van der Waals surface area (Å²) in [6.07, 6.45) is 0.161. The predicted octanol–water partition coefficient (Wildman–Crippen LogP) is 4.25. The monoisotopic (exact) mass is 345 g/mol. The van der Waals surface area contributed by atoms with Crippen LogP contribution in [-0.4, -0.2) is 19.1 Å². The van der Waals surface area contributed by atoms with Crippen molar-refractivity contribution in [3.05, 3.63) is 65.0 Å². The molecule has 2 aromatic carbocycles. The van der Waals surface area contributed by atoms with E-state index in [0.29, 0.717) is 17.7 Å². The average Bonchev–Trinajstić information content (AvgIpc) is 2.60. The summed E-state index contributed by atoms with van der Waals surface area (Å²) in [6.45, 7) is 6.28. The number of methoxy groups -OCH3 is 1. The lowest BCUT2D eigenvalue weighted by Crippen LogP contribution is -2.26. The van der Waals surface area contributed by atoms with E-state index >= 15 is 0 Å². The second kappa shape index (κ2) is 8.62. The van der Waals surface area contributed by atoms with Crippen molar-refractivity contribution in [2.24, 2.45) is 0 Å². The van der Waals surface area contributed by atoms with Gasteiger partial charge in [0.2, 0.25) is 0 Å². The minimum absolute atomic E-state index is 0.161. The van der Waals surface area contributed by atoms with Crippen LogP contribution in [0.25, 0.3) is 0 Å². The van der Waals surface area contributed by atoms with E-state index in [1.165, 1.54) is 13.2 Å². The standard InChI is InChI=1S/C20H24FNO3/c1-13(2)25-12-15-5-7-16(8-6-15)20(23)22-14(3)17-9-10-19(24-4)18(21)11-17/h5-11,13-14H,12H2,1-4H3,(H,22,23)/t14-/m1/s1. The highest BCUT2D eigenvalue weighted by Gasteiger charge is 2.13. The molecule has 0 radical (unpaired) electrons. The summed E-state index contributed by atoms with van der Waals surface area (Å²) in [6, 6.07) is 11.6. The van der Waals surface area contributed by atoms with Gasteiger partial charge in [0.15, 0.2) is 11.6 Å². The molecule has 0 fully saturated rings. The molecule has 5 heteroatoms. The number of carbonyl (C=O) groups is 1. The van der Waals surface area contributed by atoms with Crippen molar-refractivity contribution in [1.29, 1.82) is 0 Å². The highest BCUT2D eigenvalue weighted by molar-refractivity contribution is 5.94. The van der Waals surface area contributed by atoms with Gasteiger partial charge in [0, 0.05) is 5.56 Å². The summed E-state index contributed by atoms with van der Waals surface area (Å²) in [4.78, 5) is 12.4. The number of halogens is 1. The highest BCUT2D eigenvalue weighted by atomic mass is 19.1. The summed E-state index contributed by atoms with van der Waals surface area (Å²) in [5, 5.41) is 2.87. The van der Waals surface area contributed by atoms with E-state index < -0.39 is 5.82 Å². The smallest absolute Gasteiger partial charge is 0.251 e. The first-order chi connectivity index (χ1) is 11.9. The van der Waals surface area contributed by atoms with E-state index in [9.17, 15) is 9.18 Å². The zero-order chi connectivity index (χ0) is 18.4. The molecule has 0 bridgehead atoms. The number of hydrogen-bond acceptors (Lipinski definition) is 3. The molecule has 2 rings (SSSR count). The van der Waals surface area contributed by atoms with Gasteiger partial charge in [-0.3, -0.25) is 4.79 Å². The van der Waals surface area contributed by atoms with Gasteiger partial charge in [-0.1, -0.05) is 18.2 Å². The lowest BCUT2D eigenvalue weighted by Gasteiger charge is -2.15. The van der Waals surface area contributed by atoms with E-state index in [-0.39, 0.29) is 23.8 Å². The van der Waals surface area contributed by atoms with Gasteiger partial charge in [0.25, 0.3) is 5.91 Å². The third-order valence-electron chi connectivity index (χ3n) is 3.82. The largest absolute Gasteiger partial charge is 0.494 e. The molecule has 0 aliphatic heterocycles. The normalized spacial score (nSPS) is 12.1. The summed E-state index contributed by atoms with van der Waals surface area (Å²) in [5.41, 5.74) is 2.23. The molecular formula is C20H24FNO3. The molecule has 0 heterocycles. The van der Waals surface area contributed by atoms with Crippen molar-refractivity contribution in [3.63, 3.8) is 0 Å². The fourth-order valence-corrected chi connectivity index (χ4v) is 2.33. The molecule has 0 saturated carbocycles. The Labute approximate surface area is 148 Å². The molecule has 2 aromatic rings. The Balaban J connectivity index is 2.00. The van der Waals surface area contributed by atoms with Crippen molar-refractivity contribution in [3.8, 4) is 5.75 Å². The first-order valence-corrected chi connectivity index (χ1v) is 8.25. The summed E-state index contributed by atoms with van der Waals surface area (Å²) >= 11 is 0. The third-order valence-corrected chi connectivity index (χ3v) is 3.82. The first-order valence-electron chi connectivity index (χ1n) is 8.25. The molecule has 0 aliphatic carbocycles. The predicted molar refractivity (Wildman–Crippen MR) is 95.2 cm³/mol. The molecule has 0 spiro atoms. The number of nitrogens with one attached hydrogen (secondary N) is 1. The quantitative estimate of drug-likeness (QED) is 0.816. The van der Waals surface area contributed by atoms with E-state index in [1.54, 1.807) is 24.3 Å². The molecule has 1 amide bonds. The SMILES string of the molecule is COc1ccc([C@@H](C)NC(=O)c2ccc(COC(C)C)cc2)cc1F. The maximum absolute atomic E-state index is 13.8. The summed E-state index contributed by atoms with van der Waals surface area (Å²) in [7, 11) is 1.42. The number of rotatable bonds is 7. The van der Waals surface area contributed by atoms with Crippen LogP contribution in [0.1, 0.15) is 48.3 Å². The van der Waals surface area contributed by atoms with Crippen LogP contribution in [0, 0.1) is 5.82 Å². The van der Waals surface area contributed by atoms with Crippen LogP contribution >= 0.6 is 0 Å². The van der Waals surface area contributed by atoms with Crippen LogP contribution in [0.15, 0.2) is 42.5 Å². The summed E-state index contributed by atoms with van der Waals surface area (Å²) < 4.78 is 24.2. The Hall–Kier alpha value is -2.40. The lowest BCUT2D eigenvalue weighted by molar-refractivity contribution is 0.0656. The molecule has 25 heavy (non-hydrogen) atoms. The number of ether oxygens (including phenoxy) is 2. The lowest BCUT2D eigenvalue weighted by atomic mass is 10.1. The zero-order valence-corrected chi connectivity index (χ0v) is 15.0. The molecule has 0 saturated heterocycles. The molecule has 4 nitrogen and oxygen atoms in total. The molecule has 0 aromatic heterocycles. The van der Waals surface area contributed by atoms with Crippen LogP contribution in [0.3, 0.4) is 0 Å². The van der Waals surface area contributed by atoms with Crippen molar-refractivity contribution in [2.45, 2.75) is 39.5 Å². The maximum Gasteiger partial charge on any atom is 0.251 e. The van der Waals surface area contributed by atoms with Gasteiger partial charge in [0.1, 0.15) is 0 Å². The van der Waals surface area contributed by atoms with Crippen molar-refractivity contribution >= 4 is 5.91 Å². The molecule has 1 N–H and O–H groups in total. The summed E-state index contributed by atoms with van der Waals surface area (Å²) in [5.74, 6) is -0.475. The zero-order valence-electron chi connectivity index (χ0n) is 15.0. The van der Waals surface area contributed by atoms with Crippen molar-refractivity contribution in [1.82, 2.24) is 5.32 Å². The molecule has 0 aliphatic rings. The first kappa shape index (κ1) is 18.9. The van der Waals surface area contributed by atoms with Crippen LogP contribution in [-0.2, 0) is 11.3 Å². The third kappa shape index (κ3) is 5.29. The molecule has 1 atom stereocenters. The fourth-order valence-electron chi connectivity index (χ4n) is 2.33. The van der Waals surface area contributed by atoms with Crippen LogP contribution in [0.4, 0.5) is 4.39 Å². The second-order valence-electron chi connectivity index (χ2n) is 6.15. The van der Waals surface area contributed by atoms with E-state index in [2.05, 4.69) is 5.32 Å². The number of carbonyl (C=O) groups excluding carboxylic acids is 1. The van der Waals surface area contributed by atoms with Gasteiger partial charge in [0.05, 0.1) is 25.9 Å².